The number of hydrogen-bond acceptors (Lipinski definition) is 4. The van der Waals surface area contributed by atoms with Gasteiger partial charge in [0.2, 0.25) is 0 Å². The number of likely N-dealkylation sites (tertiary alicyclic amines) is 1. The van der Waals surface area contributed by atoms with E-state index in [1.165, 1.54) is 19.3 Å². The minimum Gasteiger partial charge on any atom is -0.444 e. The second-order valence-electron chi connectivity index (χ2n) is 7.63. The van der Waals surface area contributed by atoms with E-state index in [9.17, 15) is 4.79 Å². The first-order valence-corrected chi connectivity index (χ1v) is 9.92. The third kappa shape index (κ3) is 5.34. The smallest absolute Gasteiger partial charge is 0.410 e. The SMILES string of the molecule is CSC1CCCC1NCC1CCN(C(=O)OC(C)(C)C)CC1. The van der Waals surface area contributed by atoms with E-state index in [2.05, 4.69) is 11.6 Å². The monoisotopic (exact) mass is 328 g/mol. The minimum atomic E-state index is -0.398. The molecule has 2 aliphatic rings. The summed E-state index contributed by atoms with van der Waals surface area (Å²) in [5.41, 5.74) is -0.398. The maximum atomic E-state index is 12.1. The van der Waals surface area contributed by atoms with Gasteiger partial charge in [0.1, 0.15) is 5.60 Å². The van der Waals surface area contributed by atoms with Crippen LogP contribution in [0.3, 0.4) is 0 Å². The molecule has 2 rings (SSSR count). The summed E-state index contributed by atoms with van der Waals surface area (Å²) in [6.45, 7) is 8.53. The van der Waals surface area contributed by atoms with Crippen LogP contribution in [0.15, 0.2) is 0 Å². The summed E-state index contributed by atoms with van der Waals surface area (Å²) in [5, 5.41) is 4.57. The molecule has 22 heavy (non-hydrogen) atoms. The molecule has 0 bridgehead atoms. The number of ether oxygens (including phenoxy) is 1. The van der Waals surface area contributed by atoms with Crippen LogP contribution in [0.1, 0.15) is 52.9 Å². The molecule has 1 saturated carbocycles. The van der Waals surface area contributed by atoms with Crippen LogP contribution in [0.25, 0.3) is 0 Å². The molecule has 0 spiro atoms. The summed E-state index contributed by atoms with van der Waals surface area (Å²) in [7, 11) is 0. The predicted molar refractivity (Wildman–Crippen MR) is 93.5 cm³/mol. The van der Waals surface area contributed by atoms with Crippen LogP contribution in [0.4, 0.5) is 4.79 Å². The van der Waals surface area contributed by atoms with Gasteiger partial charge in [-0.3, -0.25) is 0 Å². The number of rotatable bonds is 4. The van der Waals surface area contributed by atoms with Crippen molar-refractivity contribution in [2.45, 2.75) is 69.8 Å². The summed E-state index contributed by atoms with van der Waals surface area (Å²) in [5.74, 6) is 0.696. The molecule has 1 aliphatic heterocycles. The molecule has 5 heteroatoms. The second-order valence-corrected chi connectivity index (χ2v) is 8.71. The largest absolute Gasteiger partial charge is 0.444 e. The lowest BCUT2D eigenvalue weighted by Crippen LogP contribution is -2.44. The van der Waals surface area contributed by atoms with Gasteiger partial charge in [-0.2, -0.15) is 11.8 Å². The van der Waals surface area contributed by atoms with Crippen molar-refractivity contribution in [1.29, 1.82) is 0 Å². The van der Waals surface area contributed by atoms with E-state index in [4.69, 9.17) is 4.74 Å². The molecule has 0 aromatic heterocycles. The van der Waals surface area contributed by atoms with Gasteiger partial charge in [-0.1, -0.05) is 6.42 Å². The first kappa shape index (κ1) is 17.9. The average Bonchev–Trinajstić information content (AvgIpc) is 2.91. The molecule has 128 valence electrons. The van der Waals surface area contributed by atoms with Crippen molar-refractivity contribution in [1.82, 2.24) is 10.2 Å². The molecule has 1 aliphatic carbocycles. The molecule has 0 aromatic carbocycles. The Hall–Kier alpha value is -0.420. The molecule has 1 heterocycles. The molecule has 0 aromatic rings. The summed E-state index contributed by atoms with van der Waals surface area (Å²) in [6, 6.07) is 0.693. The molecular formula is C17H32N2O2S. The normalized spacial score (nSPS) is 27.2. The number of piperidine rings is 1. The Balaban J connectivity index is 1.68. The number of hydrogen-bond donors (Lipinski definition) is 1. The highest BCUT2D eigenvalue weighted by molar-refractivity contribution is 7.99. The van der Waals surface area contributed by atoms with Gasteiger partial charge in [0.15, 0.2) is 0 Å². The van der Waals surface area contributed by atoms with Crippen molar-refractivity contribution in [2.75, 3.05) is 25.9 Å². The molecule has 1 amide bonds. The Labute approximate surface area is 139 Å². The van der Waals surface area contributed by atoms with Crippen LogP contribution >= 0.6 is 11.8 Å². The van der Waals surface area contributed by atoms with Crippen LogP contribution < -0.4 is 5.32 Å². The van der Waals surface area contributed by atoms with Gasteiger partial charge in [0.05, 0.1) is 0 Å². The number of carbonyl (C=O) groups excluding carboxylic acids is 1. The second kappa shape index (κ2) is 7.91. The number of carbonyl (C=O) groups is 1. The maximum absolute atomic E-state index is 12.1. The standard InChI is InChI=1S/C17H32N2O2S/c1-17(2,3)21-16(20)19-10-8-13(9-11-19)12-18-14-6-5-7-15(14)22-4/h13-15,18H,5-12H2,1-4H3. The fourth-order valence-corrected chi connectivity index (χ4v) is 4.37. The lowest BCUT2D eigenvalue weighted by atomic mass is 9.96. The Morgan fingerprint density at radius 3 is 2.50 bits per heavy atom. The zero-order valence-electron chi connectivity index (χ0n) is 14.6. The summed E-state index contributed by atoms with van der Waals surface area (Å²) in [6.07, 6.45) is 8.28. The Bertz CT molecular complexity index is 362. The number of thioether (sulfide) groups is 1. The van der Waals surface area contributed by atoms with Crippen molar-refractivity contribution in [3.05, 3.63) is 0 Å². The quantitative estimate of drug-likeness (QED) is 0.857. The van der Waals surface area contributed by atoms with Crippen molar-refractivity contribution in [3.63, 3.8) is 0 Å². The van der Waals surface area contributed by atoms with E-state index >= 15 is 0 Å². The minimum absolute atomic E-state index is 0.155. The molecule has 2 unspecified atom stereocenters. The number of amides is 1. The highest BCUT2D eigenvalue weighted by Crippen LogP contribution is 2.29. The zero-order valence-corrected chi connectivity index (χ0v) is 15.4. The van der Waals surface area contributed by atoms with Crippen molar-refractivity contribution in [3.8, 4) is 0 Å². The fraction of sp³-hybridized carbons (Fsp3) is 0.941. The van der Waals surface area contributed by atoms with Gasteiger partial charge in [-0.05, 0) is 65.2 Å². The Morgan fingerprint density at radius 1 is 1.23 bits per heavy atom. The van der Waals surface area contributed by atoms with E-state index < -0.39 is 5.60 Å². The van der Waals surface area contributed by atoms with E-state index in [1.807, 2.05) is 37.4 Å². The topological polar surface area (TPSA) is 41.6 Å². The highest BCUT2D eigenvalue weighted by Gasteiger charge is 2.29. The lowest BCUT2D eigenvalue weighted by molar-refractivity contribution is 0.0183. The molecule has 0 radical (unpaired) electrons. The molecule has 1 N–H and O–H groups in total. The average molecular weight is 329 g/mol. The van der Waals surface area contributed by atoms with Crippen LogP contribution in [0.2, 0.25) is 0 Å². The van der Waals surface area contributed by atoms with Crippen LogP contribution in [-0.4, -0.2) is 53.8 Å². The van der Waals surface area contributed by atoms with E-state index in [0.717, 1.165) is 37.7 Å². The maximum Gasteiger partial charge on any atom is 0.410 e. The van der Waals surface area contributed by atoms with Crippen LogP contribution in [0, 0.1) is 5.92 Å². The van der Waals surface area contributed by atoms with E-state index in [1.54, 1.807) is 0 Å². The van der Waals surface area contributed by atoms with Gasteiger partial charge in [0, 0.05) is 24.4 Å². The number of nitrogens with one attached hydrogen (secondary N) is 1. The molecule has 2 fully saturated rings. The van der Waals surface area contributed by atoms with Crippen molar-refractivity contribution < 1.29 is 9.53 Å². The van der Waals surface area contributed by atoms with Crippen LogP contribution in [-0.2, 0) is 4.74 Å². The Morgan fingerprint density at radius 2 is 1.91 bits per heavy atom. The van der Waals surface area contributed by atoms with Crippen molar-refractivity contribution in [2.24, 2.45) is 5.92 Å². The molecule has 1 saturated heterocycles. The third-order valence-corrected chi connectivity index (χ3v) is 5.86. The zero-order chi connectivity index (χ0) is 16.2. The first-order chi connectivity index (χ1) is 10.4. The van der Waals surface area contributed by atoms with Crippen molar-refractivity contribution >= 4 is 17.9 Å². The molecule has 2 atom stereocenters. The van der Waals surface area contributed by atoms with Gasteiger partial charge in [-0.25, -0.2) is 4.79 Å². The summed E-state index contributed by atoms with van der Waals surface area (Å²) < 4.78 is 5.45. The van der Waals surface area contributed by atoms with Gasteiger partial charge in [0.25, 0.3) is 0 Å². The summed E-state index contributed by atoms with van der Waals surface area (Å²) in [4.78, 5) is 13.9. The van der Waals surface area contributed by atoms with Gasteiger partial charge >= 0.3 is 6.09 Å². The highest BCUT2D eigenvalue weighted by atomic mass is 32.2. The van der Waals surface area contributed by atoms with E-state index in [0.29, 0.717) is 12.0 Å². The lowest BCUT2D eigenvalue weighted by Gasteiger charge is -2.34. The first-order valence-electron chi connectivity index (χ1n) is 8.63. The molecular weight excluding hydrogens is 296 g/mol. The Kier molecular flexibility index (Phi) is 6.45. The van der Waals surface area contributed by atoms with E-state index in [-0.39, 0.29) is 6.09 Å². The van der Waals surface area contributed by atoms with Gasteiger partial charge in [-0.15, -0.1) is 0 Å². The molecule has 4 nitrogen and oxygen atoms in total. The third-order valence-electron chi connectivity index (χ3n) is 4.69. The fourth-order valence-electron chi connectivity index (χ4n) is 3.41. The number of nitrogens with zero attached hydrogens (tertiary/aromatic N) is 1. The van der Waals surface area contributed by atoms with Gasteiger partial charge < -0.3 is 15.0 Å². The van der Waals surface area contributed by atoms with Crippen LogP contribution in [0.5, 0.6) is 0 Å². The predicted octanol–water partition coefficient (Wildman–Crippen LogP) is 3.51. The summed E-state index contributed by atoms with van der Waals surface area (Å²) >= 11 is 2.00.